The minimum atomic E-state index is 0.659. The maximum Gasteiger partial charge on any atom is -0.0219 e. The number of benzene rings is 2. The molecule has 2 rings (SSSR count). The highest BCUT2D eigenvalue weighted by Crippen LogP contribution is 2.11. The van der Waals surface area contributed by atoms with Crippen molar-refractivity contribution in [3.63, 3.8) is 0 Å². The van der Waals surface area contributed by atoms with Crippen molar-refractivity contribution in [2.24, 2.45) is 0 Å². The third-order valence-corrected chi connectivity index (χ3v) is 2.96. The Morgan fingerprint density at radius 1 is 0.889 bits per heavy atom. The smallest absolute Gasteiger partial charge is 0.0219 e. The maximum absolute atomic E-state index is 2.22. The summed E-state index contributed by atoms with van der Waals surface area (Å²) in [5, 5.41) is 0. The van der Waals surface area contributed by atoms with Gasteiger partial charge in [-0.15, -0.1) is 0 Å². The van der Waals surface area contributed by atoms with Gasteiger partial charge in [-0.25, -0.2) is 0 Å². The minimum Gasteiger partial charge on any atom is -0.0622 e. The van der Waals surface area contributed by atoms with Crippen LogP contribution in [0, 0.1) is 6.92 Å². The van der Waals surface area contributed by atoms with Crippen LogP contribution >= 0.6 is 0 Å². The van der Waals surface area contributed by atoms with Crippen molar-refractivity contribution in [2.45, 2.75) is 40.0 Å². The molecule has 0 aliphatic rings. The molecule has 0 heteroatoms. The first-order chi connectivity index (χ1) is 8.63. The van der Waals surface area contributed by atoms with Gasteiger partial charge in [0.05, 0.1) is 0 Å². The zero-order valence-corrected chi connectivity index (χ0v) is 12.0. The van der Waals surface area contributed by atoms with Crippen LogP contribution in [0.2, 0.25) is 0 Å². The van der Waals surface area contributed by atoms with Gasteiger partial charge in [0, 0.05) is 0 Å². The van der Waals surface area contributed by atoms with E-state index in [1.54, 1.807) is 0 Å². The first-order valence-electron chi connectivity index (χ1n) is 6.74. The third-order valence-electron chi connectivity index (χ3n) is 2.96. The van der Waals surface area contributed by atoms with Crippen LogP contribution in [-0.2, 0) is 6.42 Å². The van der Waals surface area contributed by atoms with Gasteiger partial charge in [0.1, 0.15) is 0 Å². The van der Waals surface area contributed by atoms with Gasteiger partial charge in [0.25, 0.3) is 0 Å². The molecule has 0 saturated carbocycles. The average Bonchev–Trinajstić information content (AvgIpc) is 2.40. The zero-order chi connectivity index (χ0) is 13.4. The van der Waals surface area contributed by atoms with Crippen LogP contribution in [0.15, 0.2) is 54.6 Å². The lowest BCUT2D eigenvalue weighted by atomic mass is 10.0. The summed E-state index contributed by atoms with van der Waals surface area (Å²) < 4.78 is 0. The van der Waals surface area contributed by atoms with Gasteiger partial charge < -0.3 is 0 Å². The molecule has 0 amide bonds. The van der Waals surface area contributed by atoms with Crippen LogP contribution in [-0.4, -0.2) is 0 Å². The number of hydrogen-bond donors (Lipinski definition) is 0. The predicted molar refractivity (Wildman–Crippen MR) is 81.1 cm³/mol. The molecule has 0 spiro atoms. The van der Waals surface area contributed by atoms with Gasteiger partial charge in [0.2, 0.25) is 0 Å². The van der Waals surface area contributed by atoms with E-state index in [9.17, 15) is 0 Å². The van der Waals surface area contributed by atoms with Gasteiger partial charge in [-0.3, -0.25) is 0 Å². The fourth-order valence-electron chi connectivity index (χ4n) is 1.77. The van der Waals surface area contributed by atoms with Gasteiger partial charge in [0.15, 0.2) is 0 Å². The molecular formula is C18H24. The molecule has 2 aromatic carbocycles. The Hall–Kier alpha value is -1.56. The summed E-state index contributed by atoms with van der Waals surface area (Å²) >= 11 is 0. The first-order valence-corrected chi connectivity index (χ1v) is 6.74. The standard InChI is InChI=1S/2C9H12/c1-8(2)9-6-4-3-5-7-9;1-3-9-6-4-5-8(2)7-9/h3-8H,1-2H3;4-7H,3H2,1-2H3. The Morgan fingerprint density at radius 3 is 1.94 bits per heavy atom. The van der Waals surface area contributed by atoms with E-state index in [1.165, 1.54) is 16.7 Å². The van der Waals surface area contributed by atoms with Crippen molar-refractivity contribution in [3.8, 4) is 0 Å². The van der Waals surface area contributed by atoms with Crippen molar-refractivity contribution in [1.82, 2.24) is 0 Å². The lowest BCUT2D eigenvalue weighted by molar-refractivity contribution is 0.867. The second-order valence-electron chi connectivity index (χ2n) is 4.91. The largest absolute Gasteiger partial charge is 0.0622 e. The topological polar surface area (TPSA) is 0 Å². The summed E-state index contributed by atoms with van der Waals surface area (Å²) in [5.74, 6) is 0.659. The highest BCUT2D eigenvalue weighted by molar-refractivity contribution is 5.21. The molecule has 96 valence electrons. The third kappa shape index (κ3) is 5.18. The Balaban J connectivity index is 0.000000180. The van der Waals surface area contributed by atoms with E-state index < -0.39 is 0 Å². The lowest BCUT2D eigenvalue weighted by Crippen LogP contribution is -1.83. The van der Waals surface area contributed by atoms with Crippen LogP contribution < -0.4 is 0 Å². The van der Waals surface area contributed by atoms with E-state index in [0.717, 1.165) is 6.42 Å². The van der Waals surface area contributed by atoms with Gasteiger partial charge in [-0.2, -0.15) is 0 Å². The van der Waals surface area contributed by atoms with Crippen molar-refractivity contribution >= 4 is 0 Å². The van der Waals surface area contributed by atoms with Crippen LogP contribution in [0.25, 0.3) is 0 Å². The van der Waals surface area contributed by atoms with Gasteiger partial charge >= 0.3 is 0 Å². The molecular weight excluding hydrogens is 216 g/mol. The molecule has 0 fully saturated rings. The minimum absolute atomic E-state index is 0.659. The molecule has 0 aliphatic carbocycles. The zero-order valence-electron chi connectivity index (χ0n) is 12.0. The maximum atomic E-state index is 2.22. The van der Waals surface area contributed by atoms with Gasteiger partial charge in [-0.1, -0.05) is 80.9 Å². The second-order valence-corrected chi connectivity index (χ2v) is 4.91. The molecule has 0 nitrogen and oxygen atoms in total. The summed E-state index contributed by atoms with van der Waals surface area (Å²) in [6.07, 6.45) is 1.14. The Kier molecular flexibility index (Phi) is 6.21. The summed E-state index contributed by atoms with van der Waals surface area (Å²) in [6.45, 7) is 8.71. The molecule has 0 saturated heterocycles. The monoisotopic (exact) mass is 240 g/mol. The SMILES string of the molecule is CC(C)c1ccccc1.CCc1cccc(C)c1. The molecule has 0 bridgehead atoms. The number of rotatable bonds is 2. The fraction of sp³-hybridized carbons (Fsp3) is 0.333. The van der Waals surface area contributed by atoms with Crippen LogP contribution in [0.1, 0.15) is 43.4 Å². The van der Waals surface area contributed by atoms with Crippen molar-refractivity contribution in [2.75, 3.05) is 0 Å². The molecule has 0 radical (unpaired) electrons. The van der Waals surface area contributed by atoms with Crippen molar-refractivity contribution < 1.29 is 0 Å². The van der Waals surface area contributed by atoms with E-state index in [2.05, 4.69) is 76.2 Å². The Bertz CT molecular complexity index is 441. The Morgan fingerprint density at radius 2 is 1.56 bits per heavy atom. The van der Waals surface area contributed by atoms with E-state index in [1.807, 2.05) is 6.07 Å². The van der Waals surface area contributed by atoms with E-state index in [-0.39, 0.29) is 0 Å². The number of hydrogen-bond acceptors (Lipinski definition) is 0. The molecule has 18 heavy (non-hydrogen) atoms. The van der Waals surface area contributed by atoms with Crippen LogP contribution in [0.3, 0.4) is 0 Å². The van der Waals surface area contributed by atoms with Crippen molar-refractivity contribution in [3.05, 3.63) is 71.3 Å². The van der Waals surface area contributed by atoms with Crippen LogP contribution in [0.4, 0.5) is 0 Å². The molecule has 0 aliphatic heterocycles. The summed E-state index contributed by atoms with van der Waals surface area (Å²) in [5.41, 5.74) is 4.20. The number of aryl methyl sites for hydroxylation is 2. The first kappa shape index (κ1) is 14.5. The van der Waals surface area contributed by atoms with E-state index in [4.69, 9.17) is 0 Å². The normalized spacial score (nSPS) is 9.83. The van der Waals surface area contributed by atoms with E-state index >= 15 is 0 Å². The second kappa shape index (κ2) is 7.71. The highest BCUT2D eigenvalue weighted by Gasteiger charge is 1.93. The molecule has 0 atom stereocenters. The fourth-order valence-corrected chi connectivity index (χ4v) is 1.77. The lowest BCUT2D eigenvalue weighted by Gasteiger charge is -2.01. The molecule has 0 unspecified atom stereocenters. The molecule has 0 heterocycles. The molecule has 2 aromatic rings. The summed E-state index contributed by atoms with van der Waals surface area (Å²) in [6, 6.07) is 19.1. The molecule has 0 N–H and O–H groups in total. The predicted octanol–water partition coefficient (Wildman–Crippen LogP) is 5.37. The van der Waals surface area contributed by atoms with Crippen molar-refractivity contribution in [1.29, 1.82) is 0 Å². The quantitative estimate of drug-likeness (QED) is 0.662. The highest BCUT2D eigenvalue weighted by atomic mass is 14.0. The molecule has 0 aromatic heterocycles. The average molecular weight is 240 g/mol. The van der Waals surface area contributed by atoms with Crippen LogP contribution in [0.5, 0.6) is 0 Å². The van der Waals surface area contributed by atoms with Gasteiger partial charge in [-0.05, 0) is 30.4 Å². The summed E-state index contributed by atoms with van der Waals surface area (Å²) in [4.78, 5) is 0. The van der Waals surface area contributed by atoms with E-state index in [0.29, 0.717) is 5.92 Å². The Labute approximate surface area is 112 Å². The summed E-state index contributed by atoms with van der Waals surface area (Å²) in [7, 11) is 0.